The van der Waals surface area contributed by atoms with Crippen LogP contribution < -0.4 is 0 Å². The lowest BCUT2D eigenvalue weighted by molar-refractivity contribution is -0.148. The molecule has 1 unspecified atom stereocenters. The van der Waals surface area contributed by atoms with Crippen LogP contribution in [0.1, 0.15) is 201 Å². The minimum Gasteiger partial charge on any atom is -0.463 e. The Morgan fingerprint density at radius 2 is 0.743 bits per heavy atom. The van der Waals surface area contributed by atoms with Crippen molar-refractivity contribution in [1.82, 2.24) is 0 Å². The number of carbonyl (C=O) groups is 1. The van der Waals surface area contributed by atoms with Crippen molar-refractivity contribution >= 4 is 5.97 Å². The van der Waals surface area contributed by atoms with Crippen LogP contribution in [-0.4, -0.2) is 12.1 Å². The Hall–Kier alpha value is -0.530. The SMILES string of the molecule is CCCCCCCCCCCCCCCCCCCC(=O)OC(C)CCCCCCCCCCC. The average molecular weight is 495 g/mol. The van der Waals surface area contributed by atoms with Crippen molar-refractivity contribution in [2.24, 2.45) is 0 Å². The molecule has 0 aromatic heterocycles. The maximum Gasteiger partial charge on any atom is 0.306 e. The van der Waals surface area contributed by atoms with E-state index in [4.69, 9.17) is 4.74 Å². The van der Waals surface area contributed by atoms with E-state index >= 15 is 0 Å². The van der Waals surface area contributed by atoms with Crippen molar-refractivity contribution in [3.63, 3.8) is 0 Å². The van der Waals surface area contributed by atoms with Crippen LogP contribution in [0.3, 0.4) is 0 Å². The van der Waals surface area contributed by atoms with Gasteiger partial charge in [0.15, 0.2) is 0 Å². The predicted octanol–water partition coefficient (Wildman–Crippen LogP) is 11.9. The molecule has 210 valence electrons. The standard InChI is InChI=1S/C33H66O2/c1-4-6-8-10-12-14-15-16-17-18-19-20-21-23-25-27-29-31-33(34)35-32(3)30-28-26-24-22-13-11-9-7-5-2/h32H,4-31H2,1-3H3. The molecule has 2 nitrogen and oxygen atoms in total. The highest BCUT2D eigenvalue weighted by molar-refractivity contribution is 5.69. The number of esters is 1. The molecule has 0 bridgehead atoms. The number of hydrogen-bond donors (Lipinski definition) is 0. The highest BCUT2D eigenvalue weighted by Gasteiger charge is 2.09. The number of hydrogen-bond acceptors (Lipinski definition) is 2. The van der Waals surface area contributed by atoms with E-state index in [-0.39, 0.29) is 12.1 Å². The Morgan fingerprint density at radius 3 is 1.09 bits per heavy atom. The first-order valence-corrected chi connectivity index (χ1v) is 16.4. The van der Waals surface area contributed by atoms with Crippen molar-refractivity contribution in [3.8, 4) is 0 Å². The highest BCUT2D eigenvalue weighted by Crippen LogP contribution is 2.15. The quantitative estimate of drug-likeness (QED) is 0.0763. The van der Waals surface area contributed by atoms with Gasteiger partial charge in [0.2, 0.25) is 0 Å². The van der Waals surface area contributed by atoms with Crippen LogP contribution in [-0.2, 0) is 9.53 Å². The van der Waals surface area contributed by atoms with Crippen molar-refractivity contribution in [1.29, 1.82) is 0 Å². The lowest BCUT2D eigenvalue weighted by atomic mass is 10.0. The molecule has 0 aromatic rings. The second kappa shape index (κ2) is 29.7. The molecule has 0 aliphatic heterocycles. The van der Waals surface area contributed by atoms with Crippen LogP contribution in [0.2, 0.25) is 0 Å². The molecule has 0 aliphatic rings. The number of rotatable bonds is 29. The third-order valence-electron chi connectivity index (χ3n) is 7.53. The van der Waals surface area contributed by atoms with E-state index in [1.165, 1.54) is 161 Å². The van der Waals surface area contributed by atoms with Gasteiger partial charge in [0.1, 0.15) is 0 Å². The number of carbonyl (C=O) groups excluding carboxylic acids is 1. The molecule has 0 saturated heterocycles. The normalized spacial score (nSPS) is 12.2. The lowest BCUT2D eigenvalue weighted by Gasteiger charge is -2.13. The van der Waals surface area contributed by atoms with E-state index in [0.717, 1.165) is 12.8 Å². The Balaban J connectivity index is 3.26. The van der Waals surface area contributed by atoms with E-state index in [0.29, 0.717) is 6.42 Å². The van der Waals surface area contributed by atoms with Crippen LogP contribution in [0, 0.1) is 0 Å². The van der Waals surface area contributed by atoms with Crippen LogP contribution in [0.5, 0.6) is 0 Å². The summed E-state index contributed by atoms with van der Waals surface area (Å²) in [4.78, 5) is 12.1. The fraction of sp³-hybridized carbons (Fsp3) is 0.970. The molecule has 0 aliphatic carbocycles. The van der Waals surface area contributed by atoms with E-state index < -0.39 is 0 Å². The Kier molecular flexibility index (Phi) is 29.2. The second-order valence-electron chi connectivity index (χ2n) is 11.3. The molecule has 0 amide bonds. The summed E-state index contributed by atoms with van der Waals surface area (Å²) in [7, 11) is 0. The van der Waals surface area contributed by atoms with Gasteiger partial charge in [-0.3, -0.25) is 4.79 Å². The largest absolute Gasteiger partial charge is 0.463 e. The molecule has 0 spiro atoms. The van der Waals surface area contributed by atoms with Crippen LogP contribution in [0.25, 0.3) is 0 Å². The van der Waals surface area contributed by atoms with Gasteiger partial charge in [-0.2, -0.15) is 0 Å². The maximum absolute atomic E-state index is 12.1. The summed E-state index contributed by atoms with van der Waals surface area (Å²) in [6.45, 7) is 6.63. The summed E-state index contributed by atoms with van der Waals surface area (Å²) in [5, 5.41) is 0. The van der Waals surface area contributed by atoms with Crippen molar-refractivity contribution in [2.45, 2.75) is 207 Å². The fourth-order valence-corrected chi connectivity index (χ4v) is 5.08. The summed E-state index contributed by atoms with van der Waals surface area (Å²) in [6, 6.07) is 0. The average Bonchev–Trinajstić information content (AvgIpc) is 2.85. The number of unbranched alkanes of at least 4 members (excludes halogenated alkanes) is 24. The second-order valence-corrected chi connectivity index (χ2v) is 11.3. The Labute approximate surface area is 222 Å². The molecular weight excluding hydrogens is 428 g/mol. The fourth-order valence-electron chi connectivity index (χ4n) is 5.08. The molecule has 2 heteroatoms. The summed E-state index contributed by atoms with van der Waals surface area (Å²) in [5.41, 5.74) is 0. The summed E-state index contributed by atoms with van der Waals surface area (Å²) in [5.74, 6) is 0.0226. The van der Waals surface area contributed by atoms with Gasteiger partial charge in [-0.25, -0.2) is 0 Å². The van der Waals surface area contributed by atoms with E-state index in [1.807, 2.05) is 0 Å². The first-order chi connectivity index (χ1) is 17.2. The minimum atomic E-state index is 0.0226. The van der Waals surface area contributed by atoms with Gasteiger partial charge >= 0.3 is 5.97 Å². The first-order valence-electron chi connectivity index (χ1n) is 16.4. The van der Waals surface area contributed by atoms with Gasteiger partial charge < -0.3 is 4.74 Å². The lowest BCUT2D eigenvalue weighted by Crippen LogP contribution is -2.14. The molecular formula is C33H66O2. The van der Waals surface area contributed by atoms with Gasteiger partial charge in [-0.05, 0) is 26.2 Å². The summed E-state index contributed by atoms with van der Waals surface area (Å²) < 4.78 is 5.61. The summed E-state index contributed by atoms with van der Waals surface area (Å²) >= 11 is 0. The monoisotopic (exact) mass is 495 g/mol. The molecule has 35 heavy (non-hydrogen) atoms. The first kappa shape index (κ1) is 34.5. The maximum atomic E-state index is 12.1. The number of ether oxygens (including phenoxy) is 1. The zero-order valence-corrected chi connectivity index (χ0v) is 24.7. The summed E-state index contributed by atoms with van der Waals surface area (Å²) in [6.07, 6.45) is 37.2. The highest BCUT2D eigenvalue weighted by atomic mass is 16.5. The van der Waals surface area contributed by atoms with Crippen molar-refractivity contribution in [2.75, 3.05) is 0 Å². The third kappa shape index (κ3) is 29.6. The van der Waals surface area contributed by atoms with Gasteiger partial charge in [0.25, 0.3) is 0 Å². The Morgan fingerprint density at radius 1 is 0.457 bits per heavy atom. The van der Waals surface area contributed by atoms with Gasteiger partial charge in [0.05, 0.1) is 6.10 Å². The van der Waals surface area contributed by atoms with E-state index in [9.17, 15) is 4.79 Å². The van der Waals surface area contributed by atoms with Gasteiger partial charge in [-0.1, -0.05) is 168 Å². The molecule has 0 rings (SSSR count). The van der Waals surface area contributed by atoms with Crippen LogP contribution in [0.4, 0.5) is 0 Å². The molecule has 0 heterocycles. The topological polar surface area (TPSA) is 26.3 Å². The molecule has 0 aromatic carbocycles. The van der Waals surface area contributed by atoms with Crippen molar-refractivity contribution < 1.29 is 9.53 Å². The smallest absolute Gasteiger partial charge is 0.306 e. The predicted molar refractivity (Wildman–Crippen MR) is 156 cm³/mol. The van der Waals surface area contributed by atoms with Crippen LogP contribution in [0.15, 0.2) is 0 Å². The van der Waals surface area contributed by atoms with Gasteiger partial charge in [-0.15, -0.1) is 0 Å². The van der Waals surface area contributed by atoms with Crippen LogP contribution >= 0.6 is 0 Å². The van der Waals surface area contributed by atoms with Crippen molar-refractivity contribution in [3.05, 3.63) is 0 Å². The van der Waals surface area contributed by atoms with E-state index in [2.05, 4.69) is 20.8 Å². The molecule has 0 saturated carbocycles. The molecule has 0 N–H and O–H groups in total. The zero-order chi connectivity index (χ0) is 25.7. The molecule has 0 fully saturated rings. The minimum absolute atomic E-state index is 0.0226. The van der Waals surface area contributed by atoms with Gasteiger partial charge in [0, 0.05) is 6.42 Å². The Bertz CT molecular complexity index is 406. The third-order valence-corrected chi connectivity index (χ3v) is 7.53. The molecule has 1 atom stereocenters. The molecule has 0 radical (unpaired) electrons. The van der Waals surface area contributed by atoms with E-state index in [1.54, 1.807) is 0 Å². The zero-order valence-electron chi connectivity index (χ0n) is 24.7.